The maximum atomic E-state index is 13.3. The van der Waals surface area contributed by atoms with Crippen LogP contribution in [-0.4, -0.2) is 24.1 Å². The molecule has 102 valence electrons. The highest BCUT2D eigenvalue weighted by molar-refractivity contribution is 5.37. The topological polar surface area (TPSA) is 88.2 Å². The van der Waals surface area contributed by atoms with Crippen LogP contribution in [0.4, 0.5) is 10.1 Å². The average Bonchev–Trinajstić information content (AvgIpc) is 2.37. The van der Waals surface area contributed by atoms with Gasteiger partial charge in [0.1, 0.15) is 5.75 Å². The van der Waals surface area contributed by atoms with Crippen molar-refractivity contribution < 1.29 is 14.1 Å². The maximum absolute atomic E-state index is 13.3. The van der Waals surface area contributed by atoms with Crippen LogP contribution < -0.4 is 10.1 Å². The van der Waals surface area contributed by atoms with Crippen LogP contribution in [0.25, 0.3) is 0 Å². The first-order chi connectivity index (χ1) is 9.08. The monoisotopic (exact) mass is 267 g/mol. The molecular formula is C12H14FN3O3. The van der Waals surface area contributed by atoms with Gasteiger partial charge in [-0.15, -0.1) is 0 Å². The van der Waals surface area contributed by atoms with E-state index in [-0.39, 0.29) is 18.4 Å². The van der Waals surface area contributed by atoms with E-state index in [1.165, 1.54) is 6.07 Å². The summed E-state index contributed by atoms with van der Waals surface area (Å²) in [5, 5.41) is 22.2. The van der Waals surface area contributed by atoms with Crippen molar-refractivity contribution in [2.24, 2.45) is 0 Å². The minimum atomic E-state index is -0.939. The molecule has 0 fully saturated rings. The normalized spacial score (nSPS) is 11.6. The van der Waals surface area contributed by atoms with Crippen molar-refractivity contribution >= 4 is 5.69 Å². The van der Waals surface area contributed by atoms with Crippen molar-refractivity contribution in [1.29, 1.82) is 5.26 Å². The third-order valence-electron chi connectivity index (χ3n) is 2.40. The van der Waals surface area contributed by atoms with Gasteiger partial charge in [-0.05, 0) is 12.6 Å². The van der Waals surface area contributed by atoms with Crippen LogP contribution >= 0.6 is 0 Å². The maximum Gasteiger partial charge on any atom is 0.305 e. The summed E-state index contributed by atoms with van der Waals surface area (Å²) < 4.78 is 18.5. The molecule has 1 atom stereocenters. The molecule has 0 aliphatic rings. The number of nitrogens with zero attached hydrogens (tertiary/aromatic N) is 2. The van der Waals surface area contributed by atoms with Gasteiger partial charge in [-0.2, -0.15) is 9.65 Å². The fraction of sp³-hybridized carbons (Fsp3) is 0.417. The number of rotatable bonds is 7. The van der Waals surface area contributed by atoms with Crippen molar-refractivity contribution in [2.45, 2.75) is 19.4 Å². The van der Waals surface area contributed by atoms with Crippen molar-refractivity contribution in [3.63, 3.8) is 0 Å². The molecule has 1 unspecified atom stereocenters. The van der Waals surface area contributed by atoms with Gasteiger partial charge < -0.3 is 10.1 Å². The fourth-order valence-corrected chi connectivity index (χ4v) is 1.48. The van der Waals surface area contributed by atoms with Gasteiger partial charge in [0.15, 0.2) is 0 Å². The summed E-state index contributed by atoms with van der Waals surface area (Å²) in [6.45, 7) is 2.78. The van der Waals surface area contributed by atoms with Gasteiger partial charge in [-0.3, -0.25) is 10.1 Å². The Morgan fingerprint density at radius 1 is 1.63 bits per heavy atom. The molecular weight excluding hydrogens is 253 g/mol. The van der Waals surface area contributed by atoms with Crippen LogP contribution in [0.3, 0.4) is 0 Å². The number of ether oxygens (including phenoxy) is 1. The summed E-state index contributed by atoms with van der Waals surface area (Å²) >= 11 is 0. The van der Waals surface area contributed by atoms with E-state index in [4.69, 9.17) is 10.00 Å². The number of hydrogen-bond donors (Lipinski definition) is 1. The Morgan fingerprint density at radius 3 is 2.89 bits per heavy atom. The minimum Gasteiger partial charge on any atom is -0.493 e. The predicted octanol–water partition coefficient (Wildman–Crippen LogP) is 2.00. The van der Waals surface area contributed by atoms with E-state index < -0.39 is 16.4 Å². The van der Waals surface area contributed by atoms with E-state index in [2.05, 4.69) is 11.4 Å². The van der Waals surface area contributed by atoms with Gasteiger partial charge in [0.05, 0.1) is 23.6 Å². The molecule has 0 saturated heterocycles. The van der Waals surface area contributed by atoms with E-state index in [0.29, 0.717) is 13.0 Å². The predicted molar refractivity (Wildman–Crippen MR) is 66.2 cm³/mol. The van der Waals surface area contributed by atoms with Crippen molar-refractivity contribution in [3.05, 3.63) is 34.1 Å². The largest absolute Gasteiger partial charge is 0.493 e. The van der Waals surface area contributed by atoms with E-state index in [1.807, 2.05) is 6.92 Å². The molecule has 0 saturated carbocycles. The second-order valence-corrected chi connectivity index (χ2v) is 3.75. The van der Waals surface area contributed by atoms with Gasteiger partial charge >= 0.3 is 5.69 Å². The Hall–Kier alpha value is -2.20. The fourth-order valence-electron chi connectivity index (χ4n) is 1.48. The number of nitro benzene ring substituents is 1. The van der Waals surface area contributed by atoms with Gasteiger partial charge in [0.25, 0.3) is 0 Å². The van der Waals surface area contributed by atoms with Crippen LogP contribution in [0, 0.1) is 27.3 Å². The minimum absolute atomic E-state index is 0.205. The van der Waals surface area contributed by atoms with E-state index in [0.717, 1.165) is 12.1 Å². The summed E-state index contributed by atoms with van der Waals surface area (Å²) in [4.78, 5) is 9.63. The Labute approximate surface area is 109 Å². The number of hydrogen-bond acceptors (Lipinski definition) is 5. The van der Waals surface area contributed by atoms with Gasteiger partial charge in [0.2, 0.25) is 5.82 Å². The van der Waals surface area contributed by atoms with Crippen LogP contribution in [0.1, 0.15) is 13.3 Å². The van der Waals surface area contributed by atoms with Crippen molar-refractivity contribution in [3.8, 4) is 11.8 Å². The molecule has 0 heterocycles. The molecule has 1 N–H and O–H groups in total. The molecule has 1 aromatic carbocycles. The van der Waals surface area contributed by atoms with Crippen LogP contribution in [0.15, 0.2) is 18.2 Å². The third-order valence-corrected chi connectivity index (χ3v) is 2.40. The smallest absolute Gasteiger partial charge is 0.305 e. The number of benzene rings is 1. The lowest BCUT2D eigenvalue weighted by molar-refractivity contribution is -0.387. The zero-order chi connectivity index (χ0) is 14.3. The first-order valence-corrected chi connectivity index (χ1v) is 5.78. The van der Waals surface area contributed by atoms with Crippen LogP contribution in [0.2, 0.25) is 0 Å². The number of nitro groups is 1. The molecule has 0 spiro atoms. The molecule has 0 aliphatic heterocycles. The first kappa shape index (κ1) is 14.9. The van der Waals surface area contributed by atoms with Gasteiger partial charge in [-0.25, -0.2) is 0 Å². The molecule has 0 aromatic heterocycles. The number of halogens is 1. The molecule has 0 amide bonds. The SMILES string of the molecule is CCNC(C#N)CCOc1ccc([N+](=O)[O-])c(F)c1. The molecule has 1 rings (SSSR count). The summed E-state index contributed by atoms with van der Waals surface area (Å²) in [5.74, 6) is -0.734. The number of nitrogens with one attached hydrogen (secondary N) is 1. The van der Waals surface area contributed by atoms with Gasteiger partial charge in [0, 0.05) is 18.6 Å². The highest BCUT2D eigenvalue weighted by atomic mass is 19.1. The van der Waals surface area contributed by atoms with E-state index in [9.17, 15) is 14.5 Å². The molecule has 0 radical (unpaired) electrons. The van der Waals surface area contributed by atoms with E-state index in [1.54, 1.807) is 0 Å². The lowest BCUT2D eigenvalue weighted by Crippen LogP contribution is -2.28. The Kier molecular flexibility index (Phi) is 5.70. The van der Waals surface area contributed by atoms with E-state index >= 15 is 0 Å². The molecule has 1 aromatic rings. The lowest BCUT2D eigenvalue weighted by atomic mass is 10.2. The summed E-state index contributed by atoms with van der Waals surface area (Å²) in [6.07, 6.45) is 0.447. The zero-order valence-electron chi connectivity index (χ0n) is 10.4. The summed E-state index contributed by atoms with van der Waals surface area (Å²) in [6, 6.07) is 5.09. The standard InChI is InChI=1S/C12H14FN3O3/c1-2-15-9(8-14)5-6-19-10-3-4-12(16(17)18)11(13)7-10/h3-4,7,9,15H,2,5-6H2,1H3. The Bertz CT molecular complexity index is 488. The Balaban J connectivity index is 2.53. The molecule has 19 heavy (non-hydrogen) atoms. The molecule has 0 aliphatic carbocycles. The summed E-state index contributed by atoms with van der Waals surface area (Å²) in [7, 11) is 0. The zero-order valence-corrected chi connectivity index (χ0v) is 10.4. The quantitative estimate of drug-likeness (QED) is 0.603. The van der Waals surface area contributed by atoms with Crippen molar-refractivity contribution in [1.82, 2.24) is 5.32 Å². The van der Waals surface area contributed by atoms with Crippen molar-refractivity contribution in [2.75, 3.05) is 13.2 Å². The lowest BCUT2D eigenvalue weighted by Gasteiger charge is -2.10. The summed E-state index contributed by atoms with van der Waals surface area (Å²) in [5.41, 5.74) is -0.588. The second-order valence-electron chi connectivity index (χ2n) is 3.75. The highest BCUT2D eigenvalue weighted by Gasteiger charge is 2.14. The first-order valence-electron chi connectivity index (χ1n) is 5.78. The van der Waals surface area contributed by atoms with Crippen LogP contribution in [0.5, 0.6) is 5.75 Å². The molecule has 7 heteroatoms. The second kappa shape index (κ2) is 7.28. The molecule has 0 bridgehead atoms. The number of nitriles is 1. The molecule has 6 nitrogen and oxygen atoms in total. The highest BCUT2D eigenvalue weighted by Crippen LogP contribution is 2.22. The van der Waals surface area contributed by atoms with Crippen LogP contribution in [-0.2, 0) is 0 Å². The Morgan fingerprint density at radius 2 is 2.37 bits per heavy atom. The van der Waals surface area contributed by atoms with Gasteiger partial charge in [-0.1, -0.05) is 6.92 Å². The third kappa shape index (κ3) is 4.52. The average molecular weight is 267 g/mol.